The minimum Gasteiger partial charge on any atom is -0.747 e. The third kappa shape index (κ3) is 5.21. The van der Waals surface area contributed by atoms with Gasteiger partial charge in [-0.05, 0) is 23.3 Å². The normalized spacial score (nSPS) is 15.1. The Morgan fingerprint density at radius 2 is 1.71 bits per heavy atom. The van der Waals surface area contributed by atoms with Gasteiger partial charge in [-0.2, -0.15) is 4.57 Å². The SMILES string of the molecule is O=S(=O)([O-])CN1C(=Cc2sc3sc(Cl)cc3[n+]2CS(=O)(=O)[O-])Oc2ccc(-c3ccccc3)cc21. The molecule has 4 aromatic rings. The molecule has 5 rings (SSSR count). The quantitative estimate of drug-likeness (QED) is 0.253. The molecule has 0 atom stereocenters. The van der Waals surface area contributed by atoms with E-state index in [0.29, 0.717) is 30.3 Å². The van der Waals surface area contributed by atoms with E-state index >= 15 is 0 Å². The lowest BCUT2D eigenvalue weighted by molar-refractivity contribution is -0.649. The number of hydrogen-bond donors (Lipinski definition) is 0. The first-order valence-corrected chi connectivity index (χ1v) is 15.0. The summed E-state index contributed by atoms with van der Waals surface area (Å²) in [6, 6.07) is 16.1. The first-order chi connectivity index (χ1) is 16.5. The maximum absolute atomic E-state index is 11.7. The molecule has 2 aromatic heterocycles. The number of ether oxygens (including phenoxy) is 1. The average molecular weight is 570 g/mol. The molecule has 1 aliphatic heterocycles. The number of benzene rings is 2. The van der Waals surface area contributed by atoms with Crippen molar-refractivity contribution in [1.82, 2.24) is 0 Å². The van der Waals surface area contributed by atoms with Crippen molar-refractivity contribution >= 4 is 75.8 Å². The van der Waals surface area contributed by atoms with E-state index in [1.165, 1.54) is 26.9 Å². The number of fused-ring (bicyclic) bond motifs is 2. The van der Waals surface area contributed by atoms with Crippen LogP contribution in [0.25, 0.3) is 26.7 Å². The van der Waals surface area contributed by atoms with Crippen LogP contribution in [0, 0.1) is 0 Å². The highest BCUT2D eigenvalue weighted by atomic mass is 35.5. The van der Waals surface area contributed by atoms with Crippen molar-refractivity contribution in [2.75, 3.05) is 10.8 Å². The van der Waals surface area contributed by atoms with Crippen LogP contribution in [0.15, 0.2) is 60.5 Å². The number of rotatable bonds is 6. The second-order valence-corrected chi connectivity index (χ2v) is 13.2. The summed E-state index contributed by atoms with van der Waals surface area (Å²) in [5, 5.41) is 0.307. The lowest BCUT2D eigenvalue weighted by Crippen LogP contribution is -2.39. The van der Waals surface area contributed by atoms with E-state index in [1.54, 1.807) is 24.3 Å². The Morgan fingerprint density at radius 1 is 0.971 bits per heavy atom. The summed E-state index contributed by atoms with van der Waals surface area (Å²) in [4.78, 5) is 1.21. The average Bonchev–Trinajstić information content (AvgIpc) is 3.39. The van der Waals surface area contributed by atoms with Gasteiger partial charge >= 0.3 is 0 Å². The molecule has 3 heterocycles. The molecule has 0 N–H and O–H groups in total. The topological polar surface area (TPSA) is 131 Å². The van der Waals surface area contributed by atoms with Crippen molar-refractivity contribution in [2.45, 2.75) is 5.88 Å². The molecule has 0 aliphatic carbocycles. The Kier molecular flexibility index (Phi) is 6.12. The number of thiophene rings is 1. The smallest absolute Gasteiger partial charge is 0.269 e. The van der Waals surface area contributed by atoms with Crippen molar-refractivity contribution in [3.63, 3.8) is 0 Å². The second-order valence-electron chi connectivity index (χ2n) is 7.53. The lowest BCUT2D eigenvalue weighted by atomic mass is 10.0. The largest absolute Gasteiger partial charge is 0.747 e. The molecule has 9 nitrogen and oxygen atoms in total. The standard InChI is InChI=1S/C21H15ClN2O7S4/c22-18-9-16-21(32-18)33-20(24(16)12-35(28,29)30)10-19-23(11-34(25,26)27)15-8-14(6-7-17(15)31-19)13-4-2-1-3-5-13/h1-10H,11-12H2,(H-,25,26,27,28,29,30)/p-1. The molecule has 0 spiro atoms. The molecule has 0 saturated heterocycles. The lowest BCUT2D eigenvalue weighted by Gasteiger charge is -2.20. The third-order valence-electron chi connectivity index (χ3n) is 5.06. The van der Waals surface area contributed by atoms with E-state index < -0.39 is 32.0 Å². The van der Waals surface area contributed by atoms with Crippen molar-refractivity contribution in [2.24, 2.45) is 0 Å². The summed E-state index contributed by atoms with van der Waals surface area (Å²) in [6.45, 7) is 0. The molecule has 0 radical (unpaired) electrons. The molecule has 0 saturated carbocycles. The van der Waals surface area contributed by atoms with Gasteiger partial charge < -0.3 is 13.8 Å². The van der Waals surface area contributed by atoms with Crippen molar-refractivity contribution < 1.29 is 35.2 Å². The Morgan fingerprint density at radius 3 is 2.40 bits per heavy atom. The molecule has 0 bridgehead atoms. The molecule has 0 unspecified atom stereocenters. The van der Waals surface area contributed by atoms with Gasteiger partial charge in [-0.15, -0.1) is 11.3 Å². The van der Waals surface area contributed by atoms with E-state index in [0.717, 1.165) is 22.5 Å². The number of thiazole rings is 1. The summed E-state index contributed by atoms with van der Waals surface area (Å²) in [6.07, 6.45) is 1.41. The number of halogens is 1. The Hall–Kier alpha value is -2.52. The van der Waals surface area contributed by atoms with Gasteiger partial charge in [0.05, 0.1) is 11.8 Å². The Labute approximate surface area is 213 Å². The van der Waals surface area contributed by atoms with Crippen LogP contribution in [-0.4, -0.2) is 31.8 Å². The molecular weight excluding hydrogens is 556 g/mol. The van der Waals surface area contributed by atoms with E-state index in [9.17, 15) is 25.9 Å². The summed E-state index contributed by atoms with van der Waals surface area (Å²) in [5.74, 6) is -1.44. The van der Waals surface area contributed by atoms with Crippen molar-refractivity contribution in [1.29, 1.82) is 0 Å². The number of anilines is 1. The van der Waals surface area contributed by atoms with E-state index in [1.807, 2.05) is 30.3 Å². The third-order valence-corrected chi connectivity index (χ3v) is 8.70. The second kappa shape index (κ2) is 8.85. The van der Waals surface area contributed by atoms with Crippen LogP contribution in [-0.2, 0) is 26.1 Å². The van der Waals surface area contributed by atoms with Gasteiger partial charge in [0.25, 0.3) is 5.01 Å². The maximum atomic E-state index is 11.7. The zero-order valence-electron chi connectivity index (χ0n) is 17.5. The van der Waals surface area contributed by atoms with Crippen LogP contribution in [0.2, 0.25) is 4.34 Å². The minimum absolute atomic E-state index is 0.00156. The summed E-state index contributed by atoms with van der Waals surface area (Å²) < 4.78 is 78.1. The van der Waals surface area contributed by atoms with E-state index in [-0.39, 0.29) is 5.88 Å². The molecule has 0 amide bonds. The fraction of sp³-hybridized carbons (Fsp3) is 0.0952. The van der Waals surface area contributed by atoms with Gasteiger partial charge in [0.15, 0.2) is 19.9 Å². The summed E-state index contributed by atoms with van der Waals surface area (Å²) in [5.41, 5.74) is 2.47. The van der Waals surface area contributed by atoms with Gasteiger partial charge in [0, 0.05) is 6.07 Å². The Balaban J connectivity index is 1.63. The molecule has 14 heteroatoms. The fourth-order valence-corrected chi connectivity index (χ4v) is 7.62. The zero-order chi connectivity index (χ0) is 25.0. The molecule has 0 fully saturated rings. The van der Waals surface area contributed by atoms with E-state index in [2.05, 4.69) is 0 Å². The molecule has 35 heavy (non-hydrogen) atoms. The van der Waals surface area contributed by atoms with Crippen LogP contribution in [0.1, 0.15) is 5.01 Å². The van der Waals surface area contributed by atoms with Crippen LogP contribution in [0.5, 0.6) is 5.75 Å². The summed E-state index contributed by atoms with van der Waals surface area (Å²) in [7, 11) is -9.39. The highest BCUT2D eigenvalue weighted by Crippen LogP contribution is 2.43. The van der Waals surface area contributed by atoms with Crippen molar-refractivity contribution in [3.8, 4) is 16.9 Å². The minimum atomic E-state index is -4.72. The Bertz CT molecular complexity index is 1690. The zero-order valence-corrected chi connectivity index (χ0v) is 21.5. The predicted molar refractivity (Wildman–Crippen MR) is 132 cm³/mol. The monoisotopic (exact) mass is 569 g/mol. The number of nitrogens with zero attached hydrogens (tertiary/aromatic N) is 2. The van der Waals surface area contributed by atoms with Crippen LogP contribution in [0.3, 0.4) is 0 Å². The molecule has 2 aromatic carbocycles. The van der Waals surface area contributed by atoms with Crippen LogP contribution in [0.4, 0.5) is 5.69 Å². The molecular formula is C21H14ClN2O7S4-. The highest BCUT2D eigenvalue weighted by molar-refractivity contribution is 7.85. The first kappa shape index (κ1) is 24.2. The maximum Gasteiger partial charge on any atom is 0.269 e. The van der Waals surface area contributed by atoms with Gasteiger partial charge in [-0.3, -0.25) is 4.90 Å². The van der Waals surface area contributed by atoms with Crippen LogP contribution >= 0.6 is 34.3 Å². The van der Waals surface area contributed by atoms with Gasteiger partial charge in [0.1, 0.15) is 20.3 Å². The van der Waals surface area contributed by atoms with E-state index in [4.69, 9.17) is 16.3 Å². The number of hydrogen-bond acceptors (Lipinski definition) is 10. The first-order valence-electron chi connectivity index (χ1n) is 9.82. The fourth-order valence-electron chi connectivity index (χ4n) is 3.68. The van der Waals surface area contributed by atoms with Crippen LogP contribution < -0.4 is 14.2 Å². The van der Waals surface area contributed by atoms with Gasteiger partial charge in [0.2, 0.25) is 17.3 Å². The predicted octanol–water partition coefficient (Wildman–Crippen LogP) is 3.77. The highest BCUT2D eigenvalue weighted by Gasteiger charge is 2.31. The van der Waals surface area contributed by atoms with Gasteiger partial charge in [-0.1, -0.05) is 59.3 Å². The summed E-state index contributed by atoms with van der Waals surface area (Å²) >= 11 is 8.41. The molecule has 1 aliphatic rings. The number of aromatic nitrogens is 1. The van der Waals surface area contributed by atoms with Gasteiger partial charge in [-0.25, -0.2) is 16.8 Å². The molecule has 182 valence electrons. The van der Waals surface area contributed by atoms with Crippen molar-refractivity contribution in [3.05, 3.63) is 69.8 Å².